The summed E-state index contributed by atoms with van der Waals surface area (Å²) in [7, 11) is 1.12. The number of nitrogens with two attached hydrogens (primary N) is 3. The number of aliphatic carboxylic acids is 1. The monoisotopic (exact) mass is 881 g/mol. The zero-order valence-electron chi connectivity index (χ0n) is 35.5. The summed E-state index contributed by atoms with van der Waals surface area (Å²) in [6, 6.07) is -7.38. The number of amides is 8. The van der Waals surface area contributed by atoms with E-state index in [9.17, 15) is 53.1 Å². The zero-order valence-corrected chi connectivity index (χ0v) is 35.5. The lowest BCUT2D eigenvalue weighted by atomic mass is 10.0. The van der Waals surface area contributed by atoms with E-state index in [0.717, 1.165) is 7.11 Å². The van der Waals surface area contributed by atoms with Crippen LogP contribution in [0.1, 0.15) is 72.4 Å². The molecule has 5 unspecified atom stereocenters. The molecule has 26 nitrogen and oxygen atoms in total. The number of alkyl carbamates (subject to hydrolysis) is 1. The first-order valence-corrected chi connectivity index (χ1v) is 19.3. The third-order valence-corrected chi connectivity index (χ3v) is 8.00. The van der Waals surface area contributed by atoms with Crippen molar-refractivity contribution >= 4 is 65.3 Å². The molecule has 5 atom stereocenters. The first-order chi connectivity index (χ1) is 28.9. The van der Waals surface area contributed by atoms with Crippen LogP contribution in [0.5, 0.6) is 0 Å². The van der Waals surface area contributed by atoms with Gasteiger partial charge in [0.05, 0.1) is 32.8 Å². The van der Waals surface area contributed by atoms with E-state index in [1.165, 1.54) is 12.5 Å². The number of methoxy groups -OCH3 is 1. The highest BCUT2D eigenvalue weighted by atomic mass is 16.6. The Morgan fingerprint density at radius 2 is 1.32 bits per heavy atom. The lowest BCUT2D eigenvalue weighted by molar-refractivity contribution is -0.146. The normalized spacial score (nSPS) is 13.3. The molecule has 0 fully saturated rings. The Morgan fingerprint density at radius 1 is 0.774 bits per heavy atom. The number of H-pyrrole nitrogens is 1. The number of primary amides is 1. The van der Waals surface area contributed by atoms with Gasteiger partial charge in [-0.15, -0.1) is 0 Å². The van der Waals surface area contributed by atoms with Gasteiger partial charge < -0.3 is 74.0 Å². The number of carbonyl (C=O) groups excluding carboxylic acids is 9. The molecule has 8 amide bonds. The Hall–Kier alpha value is -7.02. The molecule has 0 aliphatic rings. The van der Waals surface area contributed by atoms with Gasteiger partial charge in [-0.1, -0.05) is 13.8 Å². The summed E-state index contributed by atoms with van der Waals surface area (Å²) >= 11 is 0. The summed E-state index contributed by atoms with van der Waals surface area (Å²) in [4.78, 5) is 138. The summed E-state index contributed by atoms with van der Waals surface area (Å²) < 4.78 is 9.80. The van der Waals surface area contributed by atoms with E-state index in [-0.39, 0.29) is 44.1 Å². The van der Waals surface area contributed by atoms with E-state index in [0.29, 0.717) is 5.69 Å². The average molecular weight is 882 g/mol. The number of nitrogens with zero attached hydrogens (tertiary/aromatic N) is 2. The molecule has 1 aromatic rings. The number of esters is 1. The van der Waals surface area contributed by atoms with Gasteiger partial charge in [-0.3, -0.25) is 43.3 Å². The highest BCUT2D eigenvalue weighted by Gasteiger charge is 2.33. The maximum atomic E-state index is 13.8. The second-order valence-corrected chi connectivity index (χ2v) is 15.1. The highest BCUT2D eigenvalue weighted by molar-refractivity contribution is 5.98. The SMILES string of the molecule is COC(=O)C(CC(C)C)NC(=O)C(CC(N)=O)NC(=O)C(Cc1cnc[nH]1)NC(=O)C(CCCN=C(N)N)NC(=O)CNC(=O)C(CC(=O)O)NC(=O)CNC(=O)OC(C)(C)C. The molecule has 0 saturated carbocycles. The number of ether oxygens (including phenoxy) is 2. The number of nitrogens with one attached hydrogen (secondary N) is 8. The predicted octanol–water partition coefficient (Wildman–Crippen LogP) is -4.36. The smallest absolute Gasteiger partial charge is 0.408 e. The molecule has 0 aromatic carbocycles. The first kappa shape index (κ1) is 53.0. The van der Waals surface area contributed by atoms with Crippen molar-refractivity contribution in [1.82, 2.24) is 47.2 Å². The Kier molecular flexibility index (Phi) is 22.4. The molecule has 0 radical (unpaired) electrons. The van der Waals surface area contributed by atoms with Gasteiger partial charge >= 0.3 is 18.0 Å². The lowest BCUT2D eigenvalue weighted by Gasteiger charge is -2.26. The van der Waals surface area contributed by atoms with Gasteiger partial charge in [0, 0.05) is 24.9 Å². The fourth-order valence-electron chi connectivity index (χ4n) is 5.28. The Labute approximate surface area is 356 Å². The average Bonchev–Trinajstić information content (AvgIpc) is 3.67. The van der Waals surface area contributed by atoms with E-state index in [1.54, 1.807) is 34.6 Å². The van der Waals surface area contributed by atoms with E-state index in [1.807, 2.05) is 0 Å². The number of carbonyl (C=O) groups is 10. The fourth-order valence-corrected chi connectivity index (χ4v) is 5.28. The van der Waals surface area contributed by atoms with Crippen molar-refractivity contribution in [2.75, 3.05) is 26.7 Å². The third-order valence-electron chi connectivity index (χ3n) is 8.00. The van der Waals surface area contributed by atoms with Gasteiger partial charge in [0.1, 0.15) is 42.4 Å². The molecule has 346 valence electrons. The van der Waals surface area contributed by atoms with Crippen LogP contribution in [0.25, 0.3) is 0 Å². The van der Waals surface area contributed by atoms with Crippen LogP contribution in [0.3, 0.4) is 0 Å². The largest absolute Gasteiger partial charge is 0.481 e. The number of imidazole rings is 1. The van der Waals surface area contributed by atoms with Crippen LogP contribution in [0.2, 0.25) is 0 Å². The maximum absolute atomic E-state index is 13.8. The second-order valence-electron chi connectivity index (χ2n) is 15.1. The van der Waals surface area contributed by atoms with Crippen LogP contribution in [-0.4, -0.2) is 143 Å². The van der Waals surface area contributed by atoms with Crippen molar-refractivity contribution in [3.8, 4) is 0 Å². The Balaban J connectivity index is 3.25. The number of rotatable bonds is 26. The number of aromatic amines is 1. The molecule has 62 heavy (non-hydrogen) atoms. The van der Waals surface area contributed by atoms with Gasteiger partial charge in [0.25, 0.3) is 0 Å². The number of aromatic nitrogens is 2. The number of carboxylic acid groups (broad SMARTS) is 1. The minimum Gasteiger partial charge on any atom is -0.481 e. The molecular formula is C36H59N13O13. The molecule has 1 rings (SSSR count). The van der Waals surface area contributed by atoms with E-state index in [2.05, 4.69) is 52.2 Å². The fraction of sp³-hybridized carbons (Fsp3) is 0.611. The van der Waals surface area contributed by atoms with Crippen molar-refractivity contribution in [3.05, 3.63) is 18.2 Å². The highest BCUT2D eigenvalue weighted by Crippen LogP contribution is 2.09. The minimum atomic E-state index is -1.70. The number of hydrogen-bond donors (Lipinski definition) is 12. The summed E-state index contributed by atoms with van der Waals surface area (Å²) in [6.45, 7) is 6.84. The summed E-state index contributed by atoms with van der Waals surface area (Å²) in [6.07, 6.45) is -0.0508. The van der Waals surface area contributed by atoms with Crippen molar-refractivity contribution in [3.63, 3.8) is 0 Å². The van der Waals surface area contributed by atoms with Crippen LogP contribution in [0.15, 0.2) is 17.5 Å². The van der Waals surface area contributed by atoms with Crippen LogP contribution < -0.4 is 54.4 Å². The number of hydrogen-bond acceptors (Lipinski definition) is 14. The van der Waals surface area contributed by atoms with Gasteiger partial charge in [-0.25, -0.2) is 14.6 Å². The molecule has 0 saturated heterocycles. The van der Waals surface area contributed by atoms with Gasteiger partial charge in [0.15, 0.2) is 5.96 Å². The van der Waals surface area contributed by atoms with Crippen LogP contribution in [-0.2, 0) is 59.0 Å². The molecule has 0 spiro atoms. The van der Waals surface area contributed by atoms with Crippen molar-refractivity contribution in [2.45, 2.75) is 109 Å². The van der Waals surface area contributed by atoms with Gasteiger partial charge in [-0.2, -0.15) is 0 Å². The summed E-state index contributed by atoms with van der Waals surface area (Å²) in [5.41, 5.74) is 15.6. The molecule has 0 bridgehead atoms. The van der Waals surface area contributed by atoms with E-state index >= 15 is 0 Å². The zero-order chi connectivity index (χ0) is 47.2. The second kappa shape index (κ2) is 26.2. The lowest BCUT2D eigenvalue weighted by Crippen LogP contribution is -2.59. The number of guanidine groups is 1. The van der Waals surface area contributed by atoms with Crippen molar-refractivity contribution < 1.29 is 62.5 Å². The van der Waals surface area contributed by atoms with Crippen LogP contribution in [0, 0.1) is 5.92 Å². The first-order valence-electron chi connectivity index (χ1n) is 19.3. The molecule has 0 aliphatic carbocycles. The summed E-state index contributed by atoms with van der Waals surface area (Å²) in [5.74, 6) is -9.49. The molecular weight excluding hydrogens is 822 g/mol. The molecule has 0 aliphatic heterocycles. The quantitative estimate of drug-likeness (QED) is 0.0181. The van der Waals surface area contributed by atoms with Gasteiger partial charge in [-0.05, 0) is 46.0 Å². The number of carboxylic acids is 1. The molecule has 1 aromatic heterocycles. The Morgan fingerprint density at radius 3 is 1.85 bits per heavy atom. The van der Waals surface area contributed by atoms with E-state index < -0.39 is 121 Å². The standard InChI is InChI=1S/C36H59N13O13/c1-18(2)10-24(33(59)61-6)49-32(58)22(12-25(37)50)48-31(57)21(11-19-14-40-17-44-19)47-30(56)20(8-7-9-41-34(38)39)45-26(51)15-42-29(55)23(13-28(53)54)46-27(52)16-43-35(60)62-36(3,4)5/h14,17-18,20-24H,7-13,15-16H2,1-6H3,(H2,37,50)(H,40,44)(H,42,55)(H,43,60)(H,45,51)(H,46,52)(H,47,56)(H,48,57)(H,49,58)(H,53,54)(H4,38,39,41). The molecule has 1 heterocycles. The Bertz CT molecular complexity index is 1760. The van der Waals surface area contributed by atoms with Crippen molar-refractivity contribution in [2.24, 2.45) is 28.1 Å². The van der Waals surface area contributed by atoms with Gasteiger partial charge in [0.2, 0.25) is 41.4 Å². The van der Waals surface area contributed by atoms with Crippen LogP contribution in [0.4, 0.5) is 4.79 Å². The third kappa shape index (κ3) is 22.4. The number of aliphatic imine (C=N–C) groups is 1. The predicted molar refractivity (Wildman–Crippen MR) is 217 cm³/mol. The minimum absolute atomic E-state index is 0.00339. The maximum Gasteiger partial charge on any atom is 0.408 e. The van der Waals surface area contributed by atoms with Crippen LogP contribution >= 0.6 is 0 Å². The molecule has 26 heteroatoms. The van der Waals surface area contributed by atoms with E-state index in [4.69, 9.17) is 26.7 Å². The molecule has 15 N–H and O–H groups in total. The topological polar surface area (TPSA) is 413 Å². The van der Waals surface area contributed by atoms with Crippen molar-refractivity contribution in [1.29, 1.82) is 0 Å². The summed E-state index contributed by atoms with van der Waals surface area (Å²) in [5, 5.41) is 25.6.